The first kappa shape index (κ1) is 14.9. The van der Waals surface area contributed by atoms with Crippen LogP contribution in [0.25, 0.3) is 0 Å². The standard InChI is InChI=1S/C11H14N6O3S/c1-7-6-21-9(14-7)3-13-11(20)12-2-8-4-17(16-15-8)5-10(18)19/h4,6H,2-3,5H2,1H3,(H,18,19)(H2,12,13,20). The first-order valence-corrected chi connectivity index (χ1v) is 6.94. The lowest BCUT2D eigenvalue weighted by Crippen LogP contribution is -2.34. The van der Waals surface area contributed by atoms with Gasteiger partial charge in [0.25, 0.3) is 0 Å². The molecule has 2 amide bonds. The molecule has 10 heteroatoms. The van der Waals surface area contributed by atoms with Crippen LogP contribution in [0.2, 0.25) is 0 Å². The van der Waals surface area contributed by atoms with Gasteiger partial charge in [-0.3, -0.25) is 4.79 Å². The Morgan fingerprint density at radius 2 is 2.14 bits per heavy atom. The van der Waals surface area contributed by atoms with Gasteiger partial charge in [0, 0.05) is 11.1 Å². The SMILES string of the molecule is Cc1csc(CNC(=O)NCc2cn(CC(=O)O)nn2)n1. The van der Waals surface area contributed by atoms with Gasteiger partial charge in [-0.2, -0.15) is 0 Å². The summed E-state index contributed by atoms with van der Waals surface area (Å²) in [6, 6.07) is -0.351. The Hall–Kier alpha value is -2.49. The summed E-state index contributed by atoms with van der Waals surface area (Å²) in [5, 5.41) is 24.0. The largest absolute Gasteiger partial charge is 0.480 e. The Balaban J connectivity index is 1.73. The first-order chi connectivity index (χ1) is 10.0. The molecule has 3 N–H and O–H groups in total. The summed E-state index contributed by atoms with van der Waals surface area (Å²) < 4.78 is 1.19. The molecule has 0 aromatic carbocycles. The Morgan fingerprint density at radius 3 is 2.81 bits per heavy atom. The van der Waals surface area contributed by atoms with Crippen molar-refractivity contribution >= 4 is 23.3 Å². The van der Waals surface area contributed by atoms with E-state index in [2.05, 4.69) is 25.9 Å². The third kappa shape index (κ3) is 4.84. The van der Waals surface area contributed by atoms with Gasteiger partial charge in [-0.15, -0.1) is 16.4 Å². The topological polar surface area (TPSA) is 122 Å². The number of carboxylic acid groups (broad SMARTS) is 1. The predicted octanol–water partition coefficient (Wildman–Crippen LogP) is 0.127. The lowest BCUT2D eigenvalue weighted by atomic mass is 10.4. The highest BCUT2D eigenvalue weighted by Gasteiger charge is 2.07. The number of nitrogens with one attached hydrogen (secondary N) is 2. The molecule has 9 nitrogen and oxygen atoms in total. The van der Waals surface area contributed by atoms with E-state index in [0.717, 1.165) is 10.7 Å². The van der Waals surface area contributed by atoms with E-state index in [9.17, 15) is 9.59 Å². The van der Waals surface area contributed by atoms with Crippen molar-refractivity contribution in [3.8, 4) is 0 Å². The fraction of sp³-hybridized carbons (Fsp3) is 0.364. The molecule has 2 heterocycles. The number of hydrogen-bond donors (Lipinski definition) is 3. The Morgan fingerprint density at radius 1 is 1.38 bits per heavy atom. The molecule has 0 aliphatic heterocycles. The Bertz CT molecular complexity index is 637. The summed E-state index contributed by atoms with van der Waals surface area (Å²) in [5.74, 6) is -1.00. The first-order valence-electron chi connectivity index (χ1n) is 6.06. The third-order valence-corrected chi connectivity index (χ3v) is 3.35. The molecule has 0 unspecified atom stereocenters. The molecule has 0 aliphatic carbocycles. The highest BCUT2D eigenvalue weighted by molar-refractivity contribution is 7.09. The maximum atomic E-state index is 11.6. The highest BCUT2D eigenvalue weighted by Crippen LogP contribution is 2.07. The molecule has 21 heavy (non-hydrogen) atoms. The van der Waals surface area contributed by atoms with Crippen molar-refractivity contribution in [2.75, 3.05) is 0 Å². The minimum Gasteiger partial charge on any atom is -0.480 e. The van der Waals surface area contributed by atoms with Crippen LogP contribution in [0.4, 0.5) is 4.79 Å². The van der Waals surface area contributed by atoms with E-state index in [1.165, 1.54) is 22.2 Å². The molecule has 0 bridgehead atoms. The Kier molecular flexibility index (Phi) is 4.82. The summed E-state index contributed by atoms with van der Waals surface area (Å²) in [4.78, 5) is 26.3. The van der Waals surface area contributed by atoms with Gasteiger partial charge in [0.15, 0.2) is 0 Å². The van der Waals surface area contributed by atoms with E-state index in [0.29, 0.717) is 12.2 Å². The minimum atomic E-state index is -1.00. The number of nitrogens with zero attached hydrogens (tertiary/aromatic N) is 4. The highest BCUT2D eigenvalue weighted by atomic mass is 32.1. The lowest BCUT2D eigenvalue weighted by molar-refractivity contribution is -0.137. The number of carboxylic acids is 1. The second kappa shape index (κ2) is 6.79. The van der Waals surface area contributed by atoms with E-state index in [1.807, 2.05) is 12.3 Å². The van der Waals surface area contributed by atoms with E-state index in [1.54, 1.807) is 0 Å². The van der Waals surface area contributed by atoms with Crippen molar-refractivity contribution in [3.63, 3.8) is 0 Å². The fourth-order valence-electron chi connectivity index (χ4n) is 1.51. The zero-order valence-electron chi connectivity index (χ0n) is 11.2. The van der Waals surface area contributed by atoms with Crippen LogP contribution in [0.1, 0.15) is 16.4 Å². The van der Waals surface area contributed by atoms with Crippen molar-refractivity contribution in [3.05, 3.63) is 28.0 Å². The van der Waals surface area contributed by atoms with Gasteiger partial charge in [0.2, 0.25) is 0 Å². The Labute approximate surface area is 124 Å². The third-order valence-electron chi connectivity index (χ3n) is 2.38. The van der Waals surface area contributed by atoms with Crippen LogP contribution in [0.15, 0.2) is 11.6 Å². The number of rotatable bonds is 6. The van der Waals surface area contributed by atoms with E-state index >= 15 is 0 Å². The smallest absolute Gasteiger partial charge is 0.325 e. The summed E-state index contributed by atoms with van der Waals surface area (Å²) in [6.07, 6.45) is 1.47. The van der Waals surface area contributed by atoms with Gasteiger partial charge in [0.1, 0.15) is 17.2 Å². The van der Waals surface area contributed by atoms with Crippen LogP contribution in [0, 0.1) is 6.92 Å². The molecule has 0 saturated carbocycles. The fourth-order valence-corrected chi connectivity index (χ4v) is 2.22. The number of carbonyl (C=O) groups excluding carboxylic acids is 1. The van der Waals surface area contributed by atoms with Gasteiger partial charge in [-0.25, -0.2) is 14.5 Å². The predicted molar refractivity (Wildman–Crippen MR) is 73.6 cm³/mol. The normalized spacial score (nSPS) is 10.3. The number of aryl methyl sites for hydroxylation is 1. The van der Waals surface area contributed by atoms with Gasteiger partial charge < -0.3 is 15.7 Å². The summed E-state index contributed by atoms with van der Waals surface area (Å²) >= 11 is 1.48. The van der Waals surface area contributed by atoms with Crippen LogP contribution >= 0.6 is 11.3 Å². The van der Waals surface area contributed by atoms with E-state index in [-0.39, 0.29) is 19.1 Å². The number of thiazole rings is 1. The zero-order valence-corrected chi connectivity index (χ0v) is 12.1. The second-order valence-corrected chi connectivity index (χ2v) is 5.16. The molecule has 0 aliphatic rings. The average Bonchev–Trinajstić information content (AvgIpc) is 3.02. The summed E-state index contributed by atoms with van der Waals surface area (Å²) in [7, 11) is 0. The van der Waals surface area contributed by atoms with Crippen molar-refractivity contribution in [2.45, 2.75) is 26.6 Å². The molecule has 0 fully saturated rings. The lowest BCUT2D eigenvalue weighted by Gasteiger charge is -2.04. The average molecular weight is 310 g/mol. The molecule has 2 rings (SSSR count). The molecule has 112 valence electrons. The number of urea groups is 1. The van der Waals surface area contributed by atoms with Gasteiger partial charge >= 0.3 is 12.0 Å². The second-order valence-electron chi connectivity index (χ2n) is 4.22. The molecular formula is C11H14N6O3S. The van der Waals surface area contributed by atoms with Gasteiger partial charge in [-0.1, -0.05) is 5.21 Å². The van der Waals surface area contributed by atoms with Gasteiger partial charge in [0.05, 0.1) is 19.3 Å². The van der Waals surface area contributed by atoms with Crippen molar-refractivity contribution in [2.24, 2.45) is 0 Å². The molecule has 2 aromatic rings. The monoisotopic (exact) mass is 310 g/mol. The number of aliphatic carboxylic acids is 1. The quantitative estimate of drug-likeness (QED) is 0.697. The summed E-state index contributed by atoms with van der Waals surface area (Å²) in [5.41, 5.74) is 1.41. The molecule has 0 radical (unpaired) electrons. The van der Waals surface area contributed by atoms with Crippen LogP contribution in [-0.2, 0) is 24.4 Å². The van der Waals surface area contributed by atoms with Crippen molar-refractivity contribution < 1.29 is 14.7 Å². The maximum absolute atomic E-state index is 11.6. The van der Waals surface area contributed by atoms with Crippen molar-refractivity contribution in [1.29, 1.82) is 0 Å². The molecular weight excluding hydrogens is 296 g/mol. The molecule has 0 saturated heterocycles. The number of amides is 2. The van der Waals surface area contributed by atoms with Crippen LogP contribution in [0.5, 0.6) is 0 Å². The van der Waals surface area contributed by atoms with Gasteiger partial charge in [-0.05, 0) is 6.92 Å². The van der Waals surface area contributed by atoms with Crippen molar-refractivity contribution in [1.82, 2.24) is 30.6 Å². The van der Waals surface area contributed by atoms with E-state index in [4.69, 9.17) is 5.11 Å². The minimum absolute atomic E-state index is 0.169. The molecule has 2 aromatic heterocycles. The maximum Gasteiger partial charge on any atom is 0.325 e. The van der Waals surface area contributed by atoms with Crippen LogP contribution in [0.3, 0.4) is 0 Å². The van der Waals surface area contributed by atoms with Crippen LogP contribution < -0.4 is 10.6 Å². The number of hydrogen-bond acceptors (Lipinski definition) is 6. The molecule has 0 spiro atoms. The number of aromatic nitrogens is 4. The van der Waals surface area contributed by atoms with E-state index < -0.39 is 5.97 Å². The number of carbonyl (C=O) groups is 2. The summed E-state index contributed by atoms with van der Waals surface area (Å²) in [6.45, 7) is 2.15. The van der Waals surface area contributed by atoms with Crippen LogP contribution in [-0.4, -0.2) is 37.1 Å². The molecule has 0 atom stereocenters. The zero-order chi connectivity index (χ0) is 15.2.